The number of hydrogen-bond acceptors (Lipinski definition) is 4. The lowest BCUT2D eigenvalue weighted by atomic mass is 10.0. The van der Waals surface area contributed by atoms with Crippen molar-refractivity contribution in [2.75, 3.05) is 0 Å². The van der Waals surface area contributed by atoms with Gasteiger partial charge in [0.1, 0.15) is 11.5 Å². The van der Waals surface area contributed by atoms with E-state index in [0.29, 0.717) is 27.7 Å². The van der Waals surface area contributed by atoms with Gasteiger partial charge in [-0.05, 0) is 48.9 Å². The Morgan fingerprint density at radius 2 is 2.15 bits per heavy atom. The second-order valence-corrected chi connectivity index (χ2v) is 7.19. The summed E-state index contributed by atoms with van der Waals surface area (Å²) >= 11 is 6.39. The Bertz CT molecular complexity index is 1060. The van der Waals surface area contributed by atoms with Gasteiger partial charge in [0.05, 0.1) is 17.8 Å². The summed E-state index contributed by atoms with van der Waals surface area (Å²) in [5, 5.41) is 15.8. The summed E-state index contributed by atoms with van der Waals surface area (Å²) in [7, 11) is 0. The Morgan fingerprint density at radius 3 is 2.81 bits per heavy atom. The molecule has 2 aromatic heterocycles. The lowest BCUT2D eigenvalue weighted by Gasteiger charge is -2.17. The van der Waals surface area contributed by atoms with E-state index < -0.39 is 17.5 Å². The zero-order valence-electron chi connectivity index (χ0n) is 14.4. The van der Waals surface area contributed by atoms with Gasteiger partial charge < -0.3 is 9.90 Å². The first-order valence-corrected chi connectivity index (χ1v) is 8.87. The summed E-state index contributed by atoms with van der Waals surface area (Å²) in [6.07, 6.45) is 3.04. The zero-order chi connectivity index (χ0) is 19.3. The predicted octanol–water partition coefficient (Wildman–Crippen LogP) is 3.16. The number of carbonyl (C=O) groups excluding carboxylic acids is 1. The number of aliphatic carboxylic acids is 1. The highest BCUT2D eigenvalue weighted by atomic mass is 35.5. The third kappa shape index (κ3) is 3.06. The molecule has 4 rings (SSSR count). The average Bonchev–Trinajstić information content (AvgIpc) is 3.42. The highest BCUT2D eigenvalue weighted by Gasteiger charge is 2.35. The number of nitrogens with zero attached hydrogens (tertiary/aromatic N) is 3. The minimum atomic E-state index is -4.13. The molecule has 3 aromatic rings. The van der Waals surface area contributed by atoms with Gasteiger partial charge in [-0.15, -0.1) is 0 Å². The molecule has 0 radical (unpaired) electrons. The summed E-state index contributed by atoms with van der Waals surface area (Å²) in [4.78, 5) is 14.8. The van der Waals surface area contributed by atoms with Crippen molar-refractivity contribution in [2.24, 2.45) is 0 Å². The molecule has 0 atom stereocenters. The van der Waals surface area contributed by atoms with E-state index in [2.05, 4.69) is 10.1 Å². The average molecular weight is 391 g/mol. The Labute approximate surface area is 158 Å². The van der Waals surface area contributed by atoms with Crippen molar-refractivity contribution in [3.63, 3.8) is 0 Å². The van der Waals surface area contributed by atoms with Crippen LogP contribution < -0.4 is 5.11 Å². The summed E-state index contributed by atoms with van der Waals surface area (Å²) in [6.45, 7) is 2.01. The summed E-state index contributed by atoms with van der Waals surface area (Å²) in [5.74, 6) is -6.14. The largest absolute Gasteiger partial charge is 0.544 e. The molecule has 0 saturated heterocycles. The number of carboxylic acid groups (broad SMARTS) is 1. The maximum absolute atomic E-state index is 13.9. The van der Waals surface area contributed by atoms with Crippen LogP contribution in [0.1, 0.15) is 41.1 Å². The van der Waals surface area contributed by atoms with Crippen LogP contribution in [-0.2, 0) is 17.3 Å². The van der Waals surface area contributed by atoms with E-state index in [1.165, 1.54) is 0 Å². The van der Waals surface area contributed by atoms with Gasteiger partial charge in [0.2, 0.25) is 0 Å². The molecule has 1 aromatic carbocycles. The van der Waals surface area contributed by atoms with Crippen LogP contribution in [0.25, 0.3) is 11.0 Å². The molecule has 1 aliphatic carbocycles. The van der Waals surface area contributed by atoms with Crippen LogP contribution in [-0.4, -0.2) is 20.7 Å². The van der Waals surface area contributed by atoms with Gasteiger partial charge in [-0.2, -0.15) is 13.9 Å². The number of hydrogen-bond donors (Lipinski definition) is 0. The molecule has 2 heterocycles. The van der Waals surface area contributed by atoms with Gasteiger partial charge >= 0.3 is 5.92 Å². The monoisotopic (exact) mass is 390 g/mol. The number of carboxylic acids is 1. The normalized spacial score (nSPS) is 14.7. The Kier molecular flexibility index (Phi) is 4.14. The molecule has 0 N–H and O–H groups in total. The Balaban J connectivity index is 1.82. The topological polar surface area (TPSA) is 70.8 Å². The van der Waals surface area contributed by atoms with E-state index in [4.69, 9.17) is 11.6 Å². The minimum Gasteiger partial charge on any atom is -0.544 e. The summed E-state index contributed by atoms with van der Waals surface area (Å²) in [6, 6.07) is 6.80. The van der Waals surface area contributed by atoms with Gasteiger partial charge in [0, 0.05) is 16.8 Å². The van der Waals surface area contributed by atoms with E-state index in [-0.39, 0.29) is 6.54 Å². The molecule has 140 valence electrons. The summed E-state index contributed by atoms with van der Waals surface area (Å²) < 4.78 is 29.3. The SMILES string of the molecule is Cc1nn(Cc2c(Cl)cccc2C2CC2)c2cc(C(F)(F)C(=O)[O-])cnc12. The van der Waals surface area contributed by atoms with Gasteiger partial charge in [-0.3, -0.25) is 9.67 Å². The van der Waals surface area contributed by atoms with Crippen molar-refractivity contribution in [3.8, 4) is 0 Å². The molecule has 1 aliphatic rings. The zero-order valence-corrected chi connectivity index (χ0v) is 15.1. The van der Waals surface area contributed by atoms with E-state index in [9.17, 15) is 18.7 Å². The number of pyridine rings is 1. The highest BCUT2D eigenvalue weighted by Crippen LogP contribution is 2.43. The van der Waals surface area contributed by atoms with Crippen LogP contribution >= 0.6 is 11.6 Å². The van der Waals surface area contributed by atoms with Crippen LogP contribution in [0.5, 0.6) is 0 Å². The van der Waals surface area contributed by atoms with Crippen LogP contribution in [0.2, 0.25) is 5.02 Å². The number of fused-ring (bicyclic) bond motifs is 1. The first-order valence-electron chi connectivity index (χ1n) is 8.49. The van der Waals surface area contributed by atoms with E-state index in [1.807, 2.05) is 12.1 Å². The van der Waals surface area contributed by atoms with Crippen molar-refractivity contribution in [3.05, 3.63) is 57.9 Å². The van der Waals surface area contributed by atoms with E-state index >= 15 is 0 Å². The van der Waals surface area contributed by atoms with E-state index in [1.54, 1.807) is 17.7 Å². The molecule has 0 bridgehead atoms. The van der Waals surface area contributed by atoms with Crippen molar-refractivity contribution in [1.29, 1.82) is 0 Å². The fourth-order valence-corrected chi connectivity index (χ4v) is 3.53. The minimum absolute atomic E-state index is 0.290. The number of alkyl halides is 2. The van der Waals surface area contributed by atoms with Crippen LogP contribution in [0, 0.1) is 6.92 Å². The number of benzene rings is 1. The third-order valence-electron chi connectivity index (χ3n) is 4.86. The molecule has 27 heavy (non-hydrogen) atoms. The first-order chi connectivity index (χ1) is 12.8. The Morgan fingerprint density at radius 1 is 1.41 bits per heavy atom. The van der Waals surface area contributed by atoms with Crippen LogP contribution in [0.3, 0.4) is 0 Å². The standard InChI is InChI=1S/C19H16ClF2N3O2/c1-10-17-16(7-12(8-23-17)19(21,22)18(26)27)25(24-10)9-14-13(11-5-6-11)3-2-4-15(14)20/h2-4,7-8,11H,5-6,9H2,1H3,(H,26,27)/p-1. The maximum atomic E-state index is 13.9. The Hall–Kier alpha value is -2.54. The van der Waals surface area contributed by atoms with Crippen LogP contribution in [0.15, 0.2) is 30.5 Å². The maximum Gasteiger partial charge on any atom is 0.313 e. The second-order valence-electron chi connectivity index (χ2n) is 6.78. The van der Waals surface area contributed by atoms with E-state index in [0.717, 1.165) is 36.2 Å². The molecule has 0 spiro atoms. The fraction of sp³-hybridized carbons (Fsp3) is 0.316. The number of carbonyl (C=O) groups is 1. The van der Waals surface area contributed by atoms with Gasteiger partial charge in [0.15, 0.2) is 0 Å². The van der Waals surface area contributed by atoms with Crippen LogP contribution in [0.4, 0.5) is 8.78 Å². The van der Waals surface area contributed by atoms with Crippen molar-refractivity contribution in [2.45, 2.75) is 38.2 Å². The molecule has 8 heteroatoms. The summed E-state index contributed by atoms with van der Waals surface area (Å²) in [5.41, 5.74) is 2.61. The molecule has 0 unspecified atom stereocenters. The number of aromatic nitrogens is 3. The molecule has 5 nitrogen and oxygen atoms in total. The number of rotatable bonds is 5. The molecule has 0 amide bonds. The fourth-order valence-electron chi connectivity index (χ4n) is 3.29. The molecular formula is C19H15ClF2N3O2-. The van der Waals surface area contributed by atoms with Gasteiger partial charge in [-0.1, -0.05) is 23.7 Å². The molecule has 1 fully saturated rings. The second kappa shape index (κ2) is 6.27. The highest BCUT2D eigenvalue weighted by molar-refractivity contribution is 6.31. The molecule has 1 saturated carbocycles. The molecular weight excluding hydrogens is 376 g/mol. The first kappa shape index (κ1) is 17.9. The number of aryl methyl sites for hydroxylation is 1. The predicted molar refractivity (Wildman–Crippen MR) is 93.7 cm³/mol. The quantitative estimate of drug-likeness (QED) is 0.671. The lowest BCUT2D eigenvalue weighted by molar-refractivity contribution is -0.331. The lowest BCUT2D eigenvalue weighted by Crippen LogP contribution is -2.39. The van der Waals surface area contributed by atoms with Crippen molar-refractivity contribution in [1.82, 2.24) is 14.8 Å². The van der Waals surface area contributed by atoms with Gasteiger partial charge in [-0.25, -0.2) is 0 Å². The smallest absolute Gasteiger partial charge is 0.313 e. The van der Waals surface area contributed by atoms with Gasteiger partial charge in [0.25, 0.3) is 0 Å². The van der Waals surface area contributed by atoms with Crippen molar-refractivity contribution >= 4 is 28.6 Å². The third-order valence-corrected chi connectivity index (χ3v) is 5.21. The molecule has 0 aliphatic heterocycles. The van der Waals surface area contributed by atoms with Crippen molar-refractivity contribution < 1.29 is 18.7 Å². The number of halogens is 3.